The molecule has 2 atom stereocenters. The van der Waals surface area contributed by atoms with Crippen molar-refractivity contribution in [2.45, 2.75) is 38.6 Å². The van der Waals surface area contributed by atoms with Crippen LogP contribution in [0.1, 0.15) is 43.0 Å². The first kappa shape index (κ1) is 14.6. The third-order valence-corrected chi connectivity index (χ3v) is 3.73. The molecule has 1 fully saturated rings. The van der Waals surface area contributed by atoms with E-state index in [2.05, 4.69) is 17.3 Å². The third-order valence-electron chi connectivity index (χ3n) is 3.73. The molecule has 0 aliphatic heterocycles. The number of hydrogen-bond acceptors (Lipinski definition) is 4. The maximum absolute atomic E-state index is 11.8. The van der Waals surface area contributed by atoms with Gasteiger partial charge in [0.15, 0.2) is 6.61 Å². The molecule has 1 aliphatic carbocycles. The fourth-order valence-electron chi connectivity index (χ4n) is 2.52. The van der Waals surface area contributed by atoms with E-state index in [0.29, 0.717) is 11.5 Å². The summed E-state index contributed by atoms with van der Waals surface area (Å²) in [6.45, 7) is 1.91. The summed E-state index contributed by atoms with van der Waals surface area (Å²) < 4.78 is 6.49. The van der Waals surface area contributed by atoms with Crippen LogP contribution in [-0.2, 0) is 16.6 Å². The second-order valence-corrected chi connectivity index (χ2v) is 5.41. The predicted octanol–water partition coefficient (Wildman–Crippen LogP) is 1.27. The molecule has 1 aromatic heterocycles. The van der Waals surface area contributed by atoms with Gasteiger partial charge in [-0.2, -0.15) is 5.10 Å². The van der Waals surface area contributed by atoms with E-state index in [1.165, 1.54) is 17.3 Å². The smallest absolute Gasteiger partial charge is 0.341 e. The molecule has 1 aromatic rings. The van der Waals surface area contributed by atoms with Crippen LogP contribution in [0.2, 0.25) is 0 Å². The van der Waals surface area contributed by atoms with E-state index in [1.54, 1.807) is 13.2 Å². The van der Waals surface area contributed by atoms with Gasteiger partial charge < -0.3 is 10.1 Å². The fourth-order valence-corrected chi connectivity index (χ4v) is 2.52. The van der Waals surface area contributed by atoms with Gasteiger partial charge in [-0.15, -0.1) is 0 Å². The summed E-state index contributed by atoms with van der Waals surface area (Å²) in [4.78, 5) is 23.5. The Labute approximate surface area is 118 Å². The van der Waals surface area contributed by atoms with E-state index in [0.717, 1.165) is 19.3 Å². The van der Waals surface area contributed by atoms with Gasteiger partial charge in [0.1, 0.15) is 0 Å². The molecule has 1 heterocycles. The van der Waals surface area contributed by atoms with Crippen molar-refractivity contribution in [1.29, 1.82) is 0 Å². The van der Waals surface area contributed by atoms with Crippen LogP contribution in [0.3, 0.4) is 0 Å². The lowest BCUT2D eigenvalue weighted by molar-refractivity contribution is -0.125. The number of nitrogens with zero attached hydrogens (tertiary/aromatic N) is 2. The molecular weight excluding hydrogens is 258 g/mol. The van der Waals surface area contributed by atoms with Gasteiger partial charge in [0, 0.05) is 19.3 Å². The van der Waals surface area contributed by atoms with Gasteiger partial charge in [-0.3, -0.25) is 9.48 Å². The van der Waals surface area contributed by atoms with Gasteiger partial charge in [-0.05, 0) is 18.8 Å². The molecule has 1 aliphatic rings. The highest BCUT2D eigenvalue weighted by Gasteiger charge is 2.23. The number of nitrogens with one attached hydrogen (secondary N) is 1. The normalized spacial score (nSPS) is 22.3. The zero-order valence-electron chi connectivity index (χ0n) is 12.0. The van der Waals surface area contributed by atoms with Gasteiger partial charge in [-0.25, -0.2) is 4.79 Å². The quantitative estimate of drug-likeness (QED) is 0.842. The van der Waals surface area contributed by atoms with E-state index in [9.17, 15) is 9.59 Å². The maximum Gasteiger partial charge on any atom is 0.341 e. The molecule has 1 saturated carbocycles. The summed E-state index contributed by atoms with van der Waals surface area (Å²) in [6.07, 6.45) is 7.49. The standard InChI is InChI=1S/C14H21N3O3/c1-10-5-3-4-6-12(10)16-13(18)9-20-14(19)11-7-15-17(2)8-11/h7-8,10,12H,3-6,9H2,1-2H3,(H,16,18)/t10-,12+/m0/s1. The summed E-state index contributed by atoms with van der Waals surface area (Å²) in [5.41, 5.74) is 0.353. The fraction of sp³-hybridized carbons (Fsp3) is 0.643. The van der Waals surface area contributed by atoms with E-state index < -0.39 is 5.97 Å². The molecule has 20 heavy (non-hydrogen) atoms. The van der Waals surface area contributed by atoms with E-state index in [1.807, 2.05) is 0 Å². The molecule has 0 unspecified atom stereocenters. The number of ether oxygens (including phenoxy) is 1. The molecule has 110 valence electrons. The number of rotatable bonds is 4. The predicted molar refractivity (Wildman–Crippen MR) is 73.1 cm³/mol. The van der Waals surface area contributed by atoms with Crippen molar-refractivity contribution in [3.63, 3.8) is 0 Å². The molecule has 6 nitrogen and oxygen atoms in total. The van der Waals surface area contributed by atoms with Crippen LogP contribution in [-0.4, -0.2) is 34.3 Å². The van der Waals surface area contributed by atoms with Gasteiger partial charge in [0.2, 0.25) is 0 Å². The van der Waals surface area contributed by atoms with Crippen molar-refractivity contribution in [3.05, 3.63) is 18.0 Å². The molecule has 0 bridgehead atoms. The van der Waals surface area contributed by atoms with Crippen LogP contribution in [0.4, 0.5) is 0 Å². The van der Waals surface area contributed by atoms with Crippen molar-refractivity contribution < 1.29 is 14.3 Å². The number of hydrogen-bond donors (Lipinski definition) is 1. The van der Waals surface area contributed by atoms with Crippen molar-refractivity contribution in [1.82, 2.24) is 15.1 Å². The van der Waals surface area contributed by atoms with Crippen LogP contribution in [0, 0.1) is 5.92 Å². The average molecular weight is 279 g/mol. The number of esters is 1. The Kier molecular flexibility index (Phi) is 4.76. The molecule has 1 N–H and O–H groups in total. The number of carbonyl (C=O) groups is 2. The molecular formula is C14H21N3O3. The van der Waals surface area contributed by atoms with Crippen molar-refractivity contribution in [3.8, 4) is 0 Å². The van der Waals surface area contributed by atoms with E-state index in [-0.39, 0.29) is 18.6 Å². The summed E-state index contributed by atoms with van der Waals surface area (Å²) in [5.74, 6) is -0.271. The van der Waals surface area contributed by atoms with Gasteiger partial charge in [0.25, 0.3) is 5.91 Å². The first-order valence-corrected chi connectivity index (χ1v) is 7.01. The number of carbonyl (C=O) groups excluding carboxylic acids is 2. The Balaban J connectivity index is 1.76. The Morgan fingerprint density at radius 3 is 2.85 bits per heavy atom. The third kappa shape index (κ3) is 3.82. The first-order chi connectivity index (χ1) is 9.56. The van der Waals surface area contributed by atoms with Crippen molar-refractivity contribution in [2.75, 3.05) is 6.61 Å². The number of amides is 1. The monoisotopic (exact) mass is 279 g/mol. The lowest BCUT2D eigenvalue weighted by Crippen LogP contribution is -2.42. The molecule has 0 aromatic carbocycles. The molecule has 2 rings (SSSR count). The van der Waals surface area contributed by atoms with Gasteiger partial charge in [0.05, 0.1) is 11.8 Å². The summed E-state index contributed by atoms with van der Waals surface area (Å²) in [7, 11) is 1.72. The van der Waals surface area contributed by atoms with Crippen LogP contribution in [0.5, 0.6) is 0 Å². The first-order valence-electron chi connectivity index (χ1n) is 7.01. The highest BCUT2D eigenvalue weighted by atomic mass is 16.5. The van der Waals surface area contributed by atoms with Crippen LogP contribution >= 0.6 is 0 Å². The van der Waals surface area contributed by atoms with Crippen molar-refractivity contribution >= 4 is 11.9 Å². The lowest BCUT2D eigenvalue weighted by Gasteiger charge is -2.29. The Morgan fingerprint density at radius 1 is 1.45 bits per heavy atom. The summed E-state index contributed by atoms with van der Waals surface area (Å²) in [5, 5.41) is 6.83. The van der Waals surface area contributed by atoms with Crippen LogP contribution < -0.4 is 5.32 Å². The Hall–Kier alpha value is -1.85. The maximum atomic E-state index is 11.8. The molecule has 0 radical (unpaired) electrons. The topological polar surface area (TPSA) is 73.2 Å². The Bertz CT molecular complexity index is 484. The van der Waals surface area contributed by atoms with Crippen LogP contribution in [0.15, 0.2) is 12.4 Å². The Morgan fingerprint density at radius 2 is 2.20 bits per heavy atom. The minimum atomic E-state index is -0.523. The zero-order valence-corrected chi connectivity index (χ0v) is 12.0. The van der Waals surface area contributed by atoms with Crippen molar-refractivity contribution in [2.24, 2.45) is 13.0 Å². The van der Waals surface area contributed by atoms with Crippen LogP contribution in [0.25, 0.3) is 0 Å². The van der Waals surface area contributed by atoms with Gasteiger partial charge >= 0.3 is 5.97 Å². The lowest BCUT2D eigenvalue weighted by atomic mass is 9.86. The minimum Gasteiger partial charge on any atom is -0.452 e. The summed E-state index contributed by atoms with van der Waals surface area (Å²) in [6, 6.07) is 0.202. The molecule has 0 saturated heterocycles. The number of aryl methyl sites for hydroxylation is 1. The molecule has 1 amide bonds. The zero-order chi connectivity index (χ0) is 14.5. The van der Waals surface area contributed by atoms with E-state index >= 15 is 0 Å². The van der Waals surface area contributed by atoms with Gasteiger partial charge in [-0.1, -0.05) is 19.8 Å². The molecule has 0 spiro atoms. The largest absolute Gasteiger partial charge is 0.452 e. The second kappa shape index (κ2) is 6.54. The molecule has 6 heteroatoms. The summed E-state index contributed by atoms with van der Waals surface area (Å²) >= 11 is 0. The average Bonchev–Trinajstić information content (AvgIpc) is 2.85. The second-order valence-electron chi connectivity index (χ2n) is 5.41. The van der Waals surface area contributed by atoms with E-state index in [4.69, 9.17) is 4.74 Å². The highest BCUT2D eigenvalue weighted by Crippen LogP contribution is 2.23. The minimum absolute atomic E-state index is 0.202. The highest BCUT2D eigenvalue weighted by molar-refractivity contribution is 5.90. The SMILES string of the molecule is C[C@H]1CCCC[C@H]1NC(=O)COC(=O)c1cnn(C)c1. The number of aromatic nitrogens is 2.